The Kier molecular flexibility index (Phi) is 9.15. The molecule has 0 unspecified atom stereocenters. The Morgan fingerprint density at radius 2 is 1.71 bits per heavy atom. The summed E-state index contributed by atoms with van der Waals surface area (Å²) in [5, 5.41) is 25.0. The fraction of sp³-hybridized carbons (Fsp3) is 0.407. The molecular weight excluding hydrogens is 460 g/mol. The van der Waals surface area contributed by atoms with Crippen LogP contribution in [0, 0.1) is 0 Å². The van der Waals surface area contributed by atoms with Gasteiger partial charge in [-0.2, -0.15) is 5.10 Å². The Balaban J connectivity index is 1.65. The number of rotatable bonds is 13. The maximum Gasteiger partial charge on any atom is 0.192 e. The molecule has 0 spiro atoms. The quantitative estimate of drug-likeness (QED) is 0.269. The molecule has 1 heterocycles. The van der Waals surface area contributed by atoms with Gasteiger partial charge < -0.3 is 19.7 Å². The molecule has 7 nitrogen and oxygen atoms in total. The van der Waals surface area contributed by atoms with Gasteiger partial charge in [-0.1, -0.05) is 74.2 Å². The van der Waals surface area contributed by atoms with E-state index >= 15 is 0 Å². The second-order valence-corrected chi connectivity index (χ2v) is 15.7. The topological polar surface area (TPSA) is 93.8 Å². The normalized spacial score (nSPS) is 14.5. The highest BCUT2D eigenvalue weighted by atomic mass is 28.3. The minimum absolute atomic E-state index is 0.0921. The summed E-state index contributed by atoms with van der Waals surface area (Å²) in [5.74, 6) is -0.619. The van der Waals surface area contributed by atoms with Crippen LogP contribution in [0.25, 0.3) is 11.1 Å². The van der Waals surface area contributed by atoms with Gasteiger partial charge >= 0.3 is 0 Å². The van der Waals surface area contributed by atoms with Crippen LogP contribution in [-0.4, -0.2) is 52.7 Å². The van der Waals surface area contributed by atoms with Crippen LogP contribution in [-0.2, 0) is 27.6 Å². The van der Waals surface area contributed by atoms with Crippen molar-refractivity contribution in [3.63, 3.8) is 0 Å². The molecule has 0 amide bonds. The van der Waals surface area contributed by atoms with Crippen LogP contribution in [0.5, 0.6) is 0 Å². The van der Waals surface area contributed by atoms with Crippen LogP contribution in [0.3, 0.4) is 0 Å². The van der Waals surface area contributed by atoms with Gasteiger partial charge in [0.2, 0.25) is 0 Å². The number of aliphatic hydroxyl groups is 2. The average Bonchev–Trinajstić information content (AvgIpc) is 3.33. The van der Waals surface area contributed by atoms with Crippen LogP contribution >= 0.6 is 0 Å². The maximum absolute atomic E-state index is 12.6. The highest BCUT2D eigenvalue weighted by Crippen LogP contribution is 2.31. The molecule has 0 fully saturated rings. The summed E-state index contributed by atoms with van der Waals surface area (Å²) in [6.07, 6.45) is 0.341. The molecule has 3 rings (SSSR count). The lowest BCUT2D eigenvalue weighted by Gasteiger charge is -2.32. The molecule has 3 aromatic rings. The number of carbonyl (C=O) groups excluding carboxylic acids is 1. The molecule has 0 bridgehead atoms. The molecule has 0 aliphatic rings. The maximum atomic E-state index is 12.6. The summed E-state index contributed by atoms with van der Waals surface area (Å²) in [6.45, 7) is 8.60. The molecule has 2 aromatic carbocycles. The van der Waals surface area contributed by atoms with Crippen molar-refractivity contribution in [2.45, 2.75) is 57.7 Å². The third-order valence-corrected chi connectivity index (χ3v) is 7.68. The number of aliphatic hydroxyl groups excluding tert-OH is 2. The van der Waals surface area contributed by atoms with Gasteiger partial charge in [0.25, 0.3) is 0 Å². The number of nitrogens with zero attached hydrogens (tertiary/aromatic N) is 2. The van der Waals surface area contributed by atoms with Crippen LogP contribution in [0.1, 0.15) is 24.3 Å². The van der Waals surface area contributed by atoms with E-state index in [0.717, 1.165) is 22.7 Å². The first kappa shape index (κ1) is 27.0. The molecule has 8 heteroatoms. The molecule has 2 atom stereocenters. The summed E-state index contributed by atoms with van der Waals surface area (Å²) >= 11 is 0. The van der Waals surface area contributed by atoms with Gasteiger partial charge in [-0.3, -0.25) is 4.79 Å². The summed E-state index contributed by atoms with van der Waals surface area (Å²) in [7, 11) is -1.18. The second-order valence-electron chi connectivity index (χ2n) is 10.1. The molecule has 188 valence electrons. The fourth-order valence-electron chi connectivity index (χ4n) is 3.54. The monoisotopic (exact) mass is 496 g/mol. The van der Waals surface area contributed by atoms with Crippen LogP contribution in [0.4, 0.5) is 0 Å². The Hall–Kier alpha value is -2.62. The number of hydrogen-bond donors (Lipinski definition) is 2. The fourth-order valence-corrected chi connectivity index (χ4v) is 4.30. The predicted molar refractivity (Wildman–Crippen MR) is 138 cm³/mol. The Labute approximate surface area is 208 Å². The van der Waals surface area contributed by atoms with E-state index in [9.17, 15) is 15.0 Å². The molecule has 0 aliphatic carbocycles. The van der Waals surface area contributed by atoms with Crippen LogP contribution < -0.4 is 0 Å². The SMILES string of the molecule is C[C@@](OCc1ccc(-c2ccccc2)cc1)(C(=O)CO)[C@@H](O)c1ccn(COCC[Si](C)(C)C)n1. The third kappa shape index (κ3) is 7.43. The third-order valence-electron chi connectivity index (χ3n) is 5.98. The summed E-state index contributed by atoms with van der Waals surface area (Å²) < 4.78 is 13.2. The summed E-state index contributed by atoms with van der Waals surface area (Å²) in [5.41, 5.74) is 1.64. The van der Waals surface area contributed by atoms with Crippen LogP contribution in [0.2, 0.25) is 25.7 Å². The molecule has 0 saturated carbocycles. The zero-order valence-electron chi connectivity index (χ0n) is 21.0. The number of aromatic nitrogens is 2. The number of Topliss-reactive ketones (excluding diaryl/α,β-unsaturated/α-hetero) is 1. The Bertz CT molecular complexity index is 1080. The van der Waals surface area contributed by atoms with E-state index in [-0.39, 0.29) is 19.0 Å². The van der Waals surface area contributed by atoms with Gasteiger partial charge in [0.15, 0.2) is 11.4 Å². The van der Waals surface area contributed by atoms with Gasteiger partial charge in [-0.05, 0) is 35.7 Å². The van der Waals surface area contributed by atoms with E-state index in [0.29, 0.717) is 6.61 Å². The van der Waals surface area contributed by atoms with Crippen molar-refractivity contribution < 1.29 is 24.5 Å². The molecular formula is C27H36N2O5Si. The smallest absolute Gasteiger partial charge is 0.192 e. The van der Waals surface area contributed by atoms with Gasteiger partial charge in [0, 0.05) is 20.9 Å². The van der Waals surface area contributed by atoms with Crippen molar-refractivity contribution in [1.29, 1.82) is 0 Å². The van der Waals surface area contributed by atoms with Gasteiger partial charge in [0.1, 0.15) is 19.4 Å². The molecule has 0 saturated heterocycles. The first-order valence-corrected chi connectivity index (χ1v) is 15.5. The average molecular weight is 497 g/mol. The van der Waals surface area contributed by atoms with Crippen molar-refractivity contribution >= 4 is 13.9 Å². The van der Waals surface area contributed by atoms with Crippen molar-refractivity contribution in [3.05, 3.63) is 78.1 Å². The highest BCUT2D eigenvalue weighted by Gasteiger charge is 2.43. The van der Waals surface area contributed by atoms with E-state index in [2.05, 4.69) is 24.7 Å². The van der Waals surface area contributed by atoms with Gasteiger partial charge in [-0.15, -0.1) is 0 Å². The Morgan fingerprint density at radius 3 is 2.34 bits per heavy atom. The first-order chi connectivity index (χ1) is 16.6. The molecule has 2 N–H and O–H groups in total. The van der Waals surface area contributed by atoms with Crippen LogP contribution in [0.15, 0.2) is 66.9 Å². The summed E-state index contributed by atoms with van der Waals surface area (Å²) in [6, 6.07) is 20.5. The number of ketones is 1. The molecule has 35 heavy (non-hydrogen) atoms. The minimum Gasteiger partial charge on any atom is -0.388 e. The first-order valence-electron chi connectivity index (χ1n) is 11.8. The zero-order valence-corrected chi connectivity index (χ0v) is 22.0. The second kappa shape index (κ2) is 11.9. The lowest BCUT2D eigenvalue weighted by atomic mass is 9.91. The largest absolute Gasteiger partial charge is 0.388 e. The Morgan fingerprint density at radius 1 is 1.06 bits per heavy atom. The standard InChI is InChI=1S/C27H36N2O5Si/c1-27(25(31)18-30,26(32)24-14-15-29(28-24)20-33-16-17-35(2,3)4)34-19-21-10-12-23(13-11-21)22-8-6-5-7-9-22/h5-15,26,30,32H,16-20H2,1-4H3/t26-,27+/m0/s1. The molecule has 0 radical (unpaired) electrons. The van der Waals surface area contributed by atoms with E-state index in [1.54, 1.807) is 16.9 Å². The lowest BCUT2D eigenvalue weighted by Crippen LogP contribution is -2.46. The number of carbonyl (C=O) groups is 1. The number of benzene rings is 2. The molecule has 1 aromatic heterocycles. The van der Waals surface area contributed by atoms with E-state index < -0.39 is 32.2 Å². The lowest BCUT2D eigenvalue weighted by molar-refractivity contribution is -0.166. The number of hydrogen-bond acceptors (Lipinski definition) is 6. The van der Waals surface area contributed by atoms with Crippen molar-refractivity contribution in [3.8, 4) is 11.1 Å². The predicted octanol–water partition coefficient (Wildman–Crippen LogP) is 4.43. The van der Waals surface area contributed by atoms with E-state index in [4.69, 9.17) is 9.47 Å². The van der Waals surface area contributed by atoms with Crippen molar-refractivity contribution in [2.24, 2.45) is 0 Å². The van der Waals surface area contributed by atoms with Crippen molar-refractivity contribution in [2.75, 3.05) is 13.2 Å². The van der Waals surface area contributed by atoms with Gasteiger partial charge in [0.05, 0.1) is 12.3 Å². The van der Waals surface area contributed by atoms with Crippen molar-refractivity contribution in [1.82, 2.24) is 9.78 Å². The summed E-state index contributed by atoms with van der Waals surface area (Å²) in [4.78, 5) is 12.6. The van der Waals surface area contributed by atoms with Gasteiger partial charge in [-0.25, -0.2) is 4.68 Å². The molecule has 0 aliphatic heterocycles. The highest BCUT2D eigenvalue weighted by molar-refractivity contribution is 6.76. The van der Waals surface area contributed by atoms with E-state index in [1.807, 2.05) is 54.6 Å². The van der Waals surface area contributed by atoms with E-state index in [1.165, 1.54) is 6.92 Å². The zero-order chi connectivity index (χ0) is 25.5. The number of ether oxygens (including phenoxy) is 2. The minimum atomic E-state index is -1.66.